The lowest BCUT2D eigenvalue weighted by Crippen LogP contribution is -2.32. The summed E-state index contributed by atoms with van der Waals surface area (Å²) in [5, 5.41) is 15.0. The Morgan fingerprint density at radius 3 is 2.78 bits per heavy atom. The van der Waals surface area contributed by atoms with E-state index in [1.54, 1.807) is 4.52 Å². The number of aliphatic hydroxyl groups is 1. The van der Waals surface area contributed by atoms with Crippen molar-refractivity contribution in [1.82, 2.24) is 14.6 Å². The first-order valence-electron chi connectivity index (χ1n) is 6.13. The summed E-state index contributed by atoms with van der Waals surface area (Å²) in [7, 11) is 0. The molecule has 2 aromatic rings. The standard InChI is InChI=1S/C12H15BrN4O/c13-8-4-7-17-9(8)10(14)15-11(16-17)12(18)5-2-1-3-6-12/h4,7,18H,1-3,5-6H2,(H2,14,15,16). The monoisotopic (exact) mass is 310 g/mol. The van der Waals surface area contributed by atoms with Crippen molar-refractivity contribution in [2.75, 3.05) is 5.73 Å². The van der Waals surface area contributed by atoms with Gasteiger partial charge < -0.3 is 10.8 Å². The van der Waals surface area contributed by atoms with Gasteiger partial charge >= 0.3 is 0 Å². The Hall–Kier alpha value is -1.14. The Labute approximate surface area is 113 Å². The Bertz CT molecular complexity index is 589. The molecule has 96 valence electrons. The molecule has 0 saturated heterocycles. The van der Waals surface area contributed by atoms with Crippen molar-refractivity contribution >= 4 is 27.3 Å². The van der Waals surface area contributed by atoms with Crippen LogP contribution in [0, 0.1) is 0 Å². The van der Waals surface area contributed by atoms with E-state index in [1.807, 2.05) is 12.3 Å². The number of rotatable bonds is 1. The highest BCUT2D eigenvalue weighted by atomic mass is 79.9. The number of nitrogens with two attached hydrogens (primary N) is 1. The van der Waals surface area contributed by atoms with Gasteiger partial charge in [0.15, 0.2) is 11.6 Å². The van der Waals surface area contributed by atoms with Crippen molar-refractivity contribution in [3.63, 3.8) is 0 Å². The molecule has 0 bridgehead atoms. The molecule has 6 heteroatoms. The van der Waals surface area contributed by atoms with Crippen molar-refractivity contribution in [2.45, 2.75) is 37.7 Å². The molecule has 1 aliphatic carbocycles. The van der Waals surface area contributed by atoms with Crippen LogP contribution in [-0.2, 0) is 5.60 Å². The summed E-state index contributed by atoms with van der Waals surface area (Å²) < 4.78 is 2.54. The maximum Gasteiger partial charge on any atom is 0.183 e. The summed E-state index contributed by atoms with van der Waals surface area (Å²) in [6.07, 6.45) is 6.41. The van der Waals surface area contributed by atoms with E-state index in [2.05, 4.69) is 26.0 Å². The molecule has 0 radical (unpaired) electrons. The van der Waals surface area contributed by atoms with Crippen LogP contribution in [0.3, 0.4) is 0 Å². The summed E-state index contributed by atoms with van der Waals surface area (Å²) >= 11 is 3.41. The highest BCUT2D eigenvalue weighted by Gasteiger charge is 2.35. The molecule has 1 aliphatic rings. The SMILES string of the molecule is Nc1nc(C2(O)CCCCC2)nn2ccc(Br)c12. The molecule has 18 heavy (non-hydrogen) atoms. The number of fused-ring (bicyclic) bond motifs is 1. The van der Waals surface area contributed by atoms with Gasteiger partial charge in [-0.05, 0) is 34.8 Å². The minimum Gasteiger partial charge on any atom is -0.382 e. The summed E-state index contributed by atoms with van der Waals surface area (Å²) in [4.78, 5) is 4.30. The van der Waals surface area contributed by atoms with E-state index >= 15 is 0 Å². The molecule has 3 N–H and O–H groups in total. The van der Waals surface area contributed by atoms with Crippen LogP contribution in [0.15, 0.2) is 16.7 Å². The van der Waals surface area contributed by atoms with Crippen LogP contribution in [0.1, 0.15) is 37.9 Å². The average molecular weight is 311 g/mol. The molecular formula is C12H15BrN4O. The zero-order valence-electron chi connectivity index (χ0n) is 9.93. The van der Waals surface area contributed by atoms with Crippen LogP contribution in [-0.4, -0.2) is 19.7 Å². The number of hydrogen-bond donors (Lipinski definition) is 2. The number of hydrogen-bond acceptors (Lipinski definition) is 4. The molecule has 2 heterocycles. The minimum atomic E-state index is -0.919. The third-order valence-electron chi connectivity index (χ3n) is 3.59. The molecule has 1 fully saturated rings. The smallest absolute Gasteiger partial charge is 0.183 e. The van der Waals surface area contributed by atoms with Crippen LogP contribution >= 0.6 is 15.9 Å². The average Bonchev–Trinajstić information content (AvgIpc) is 2.72. The topological polar surface area (TPSA) is 76.4 Å². The predicted molar refractivity (Wildman–Crippen MR) is 72.1 cm³/mol. The van der Waals surface area contributed by atoms with Crippen LogP contribution in [0.4, 0.5) is 5.82 Å². The van der Waals surface area contributed by atoms with Gasteiger partial charge in [0, 0.05) is 10.7 Å². The summed E-state index contributed by atoms with van der Waals surface area (Å²) in [6, 6.07) is 1.87. The fourth-order valence-corrected chi connectivity index (χ4v) is 3.07. The van der Waals surface area contributed by atoms with E-state index in [-0.39, 0.29) is 0 Å². The third-order valence-corrected chi connectivity index (χ3v) is 4.23. The zero-order chi connectivity index (χ0) is 12.8. The van der Waals surface area contributed by atoms with E-state index in [0.717, 1.165) is 29.3 Å². The highest BCUT2D eigenvalue weighted by molar-refractivity contribution is 9.10. The van der Waals surface area contributed by atoms with Crippen LogP contribution < -0.4 is 5.73 Å². The van der Waals surface area contributed by atoms with Gasteiger partial charge in [-0.2, -0.15) is 0 Å². The lowest BCUT2D eigenvalue weighted by molar-refractivity contribution is -0.00986. The first-order valence-corrected chi connectivity index (χ1v) is 6.93. The molecule has 0 amide bonds. The van der Waals surface area contributed by atoms with Gasteiger partial charge in [0.2, 0.25) is 0 Å². The molecule has 0 spiro atoms. The summed E-state index contributed by atoms with van der Waals surface area (Å²) in [6.45, 7) is 0. The van der Waals surface area contributed by atoms with Gasteiger partial charge in [0.25, 0.3) is 0 Å². The lowest BCUT2D eigenvalue weighted by atomic mass is 9.84. The highest BCUT2D eigenvalue weighted by Crippen LogP contribution is 2.36. The number of nitrogens with zero attached hydrogens (tertiary/aromatic N) is 3. The molecule has 3 rings (SSSR count). The van der Waals surface area contributed by atoms with Crippen molar-refractivity contribution < 1.29 is 5.11 Å². The minimum absolute atomic E-state index is 0.399. The van der Waals surface area contributed by atoms with Gasteiger partial charge in [0.05, 0.1) is 0 Å². The third kappa shape index (κ3) is 1.80. The van der Waals surface area contributed by atoms with Crippen molar-refractivity contribution in [3.05, 3.63) is 22.6 Å². The fourth-order valence-electron chi connectivity index (χ4n) is 2.57. The Morgan fingerprint density at radius 1 is 1.33 bits per heavy atom. The molecule has 5 nitrogen and oxygen atoms in total. The molecule has 2 aromatic heterocycles. The number of anilines is 1. The zero-order valence-corrected chi connectivity index (χ0v) is 11.5. The van der Waals surface area contributed by atoms with Crippen LogP contribution in [0.2, 0.25) is 0 Å². The van der Waals surface area contributed by atoms with Crippen molar-refractivity contribution in [2.24, 2.45) is 0 Å². The van der Waals surface area contributed by atoms with Gasteiger partial charge in [-0.1, -0.05) is 19.3 Å². The van der Waals surface area contributed by atoms with Gasteiger partial charge in [0.1, 0.15) is 11.1 Å². The van der Waals surface area contributed by atoms with Gasteiger partial charge in [-0.3, -0.25) is 0 Å². The number of nitrogen functional groups attached to an aromatic ring is 1. The molecule has 0 atom stereocenters. The number of halogens is 1. The van der Waals surface area contributed by atoms with E-state index < -0.39 is 5.60 Å². The first-order chi connectivity index (χ1) is 8.60. The predicted octanol–water partition coefficient (Wildman–Crippen LogP) is 2.23. The van der Waals surface area contributed by atoms with Crippen LogP contribution in [0.25, 0.3) is 5.52 Å². The van der Waals surface area contributed by atoms with Gasteiger partial charge in [-0.25, -0.2) is 9.50 Å². The van der Waals surface area contributed by atoms with Crippen molar-refractivity contribution in [1.29, 1.82) is 0 Å². The van der Waals surface area contributed by atoms with E-state index in [0.29, 0.717) is 24.5 Å². The first kappa shape index (κ1) is 11.9. The van der Waals surface area contributed by atoms with Crippen molar-refractivity contribution in [3.8, 4) is 0 Å². The molecule has 0 unspecified atom stereocenters. The second-order valence-corrected chi connectivity index (χ2v) is 5.72. The van der Waals surface area contributed by atoms with E-state index in [1.165, 1.54) is 0 Å². The summed E-state index contributed by atoms with van der Waals surface area (Å²) in [5.74, 6) is 0.839. The van der Waals surface area contributed by atoms with E-state index in [9.17, 15) is 5.11 Å². The second-order valence-electron chi connectivity index (χ2n) is 4.87. The molecular weight excluding hydrogens is 296 g/mol. The Kier molecular flexibility index (Phi) is 2.79. The molecule has 0 aromatic carbocycles. The van der Waals surface area contributed by atoms with Gasteiger partial charge in [-0.15, -0.1) is 5.10 Å². The Balaban J connectivity index is 2.12. The second kappa shape index (κ2) is 4.20. The quantitative estimate of drug-likeness (QED) is 0.847. The Morgan fingerprint density at radius 2 is 2.06 bits per heavy atom. The molecule has 1 saturated carbocycles. The maximum atomic E-state index is 10.6. The fraction of sp³-hybridized carbons (Fsp3) is 0.500. The summed E-state index contributed by atoms with van der Waals surface area (Å²) in [5.41, 5.74) is 5.78. The lowest BCUT2D eigenvalue weighted by Gasteiger charge is -2.30. The number of aromatic nitrogens is 3. The normalized spacial score (nSPS) is 19.2. The maximum absolute atomic E-state index is 10.6. The largest absolute Gasteiger partial charge is 0.382 e. The molecule has 0 aliphatic heterocycles. The van der Waals surface area contributed by atoms with Crippen LogP contribution in [0.5, 0.6) is 0 Å². The van der Waals surface area contributed by atoms with E-state index in [4.69, 9.17) is 5.73 Å².